The van der Waals surface area contributed by atoms with E-state index in [0.717, 1.165) is 23.9 Å². The minimum Gasteiger partial charge on any atom is -0.443 e. The maximum atomic E-state index is 5.56. The number of hydrogen-bond donors (Lipinski definition) is 0. The van der Waals surface area contributed by atoms with Crippen molar-refractivity contribution in [2.75, 3.05) is 0 Å². The smallest absolute Gasteiger partial charge is 0.182 e. The van der Waals surface area contributed by atoms with Gasteiger partial charge in [0.1, 0.15) is 5.52 Å². The number of rotatable bonds is 4. The van der Waals surface area contributed by atoms with Crippen LogP contribution in [0.2, 0.25) is 0 Å². The van der Waals surface area contributed by atoms with Crippen LogP contribution in [-0.4, -0.2) is 4.98 Å². The van der Waals surface area contributed by atoms with Crippen LogP contribution in [-0.2, 0) is 12.8 Å². The summed E-state index contributed by atoms with van der Waals surface area (Å²) < 4.78 is 5.56. The number of aromatic nitrogens is 1. The molecular weight excluding hydrogens is 210 g/mol. The molecule has 0 atom stereocenters. The molecule has 1 aromatic carbocycles. The van der Waals surface area contributed by atoms with Gasteiger partial charge in [-0.2, -0.15) is 0 Å². The third kappa shape index (κ3) is 2.68. The molecule has 0 saturated carbocycles. The Morgan fingerprint density at radius 3 is 2.24 bits per heavy atom. The van der Waals surface area contributed by atoms with Gasteiger partial charge in [-0.05, 0) is 35.8 Å². The fourth-order valence-electron chi connectivity index (χ4n) is 2.26. The quantitative estimate of drug-likeness (QED) is 0.787. The lowest BCUT2D eigenvalue weighted by Crippen LogP contribution is -1.99. The normalized spacial score (nSPS) is 11.9. The first-order valence-electron chi connectivity index (χ1n) is 6.42. The summed E-state index contributed by atoms with van der Waals surface area (Å²) in [6.07, 6.45) is 3.68. The molecule has 0 saturated heterocycles. The lowest BCUT2D eigenvalue weighted by atomic mass is 9.96. The summed E-state index contributed by atoms with van der Waals surface area (Å²) in [6.45, 7) is 8.91. The predicted molar refractivity (Wildman–Crippen MR) is 71.1 cm³/mol. The van der Waals surface area contributed by atoms with E-state index in [1.807, 2.05) is 0 Å². The number of nitrogens with zero attached hydrogens (tertiary/aromatic N) is 1. The van der Waals surface area contributed by atoms with Gasteiger partial charge in [0.2, 0.25) is 0 Å². The van der Waals surface area contributed by atoms with Gasteiger partial charge in [-0.1, -0.05) is 39.8 Å². The van der Waals surface area contributed by atoms with Gasteiger partial charge in [-0.3, -0.25) is 0 Å². The Labute approximate surface area is 103 Å². The summed E-state index contributed by atoms with van der Waals surface area (Å²) >= 11 is 0. The largest absolute Gasteiger partial charge is 0.443 e. The van der Waals surface area contributed by atoms with Crippen molar-refractivity contribution < 1.29 is 4.42 Å². The van der Waals surface area contributed by atoms with E-state index in [9.17, 15) is 0 Å². The number of hydrogen-bond acceptors (Lipinski definition) is 2. The molecule has 92 valence electrons. The molecule has 0 aliphatic carbocycles. The van der Waals surface area contributed by atoms with E-state index in [2.05, 4.69) is 44.8 Å². The molecule has 0 aliphatic rings. The van der Waals surface area contributed by atoms with Gasteiger partial charge in [0.05, 0.1) is 0 Å². The van der Waals surface area contributed by atoms with Crippen LogP contribution in [0.5, 0.6) is 0 Å². The van der Waals surface area contributed by atoms with E-state index in [-0.39, 0.29) is 0 Å². The topological polar surface area (TPSA) is 26.0 Å². The molecule has 17 heavy (non-hydrogen) atoms. The molecule has 2 heteroatoms. The standard InChI is InChI=1S/C15H21NO/c1-10(2)7-12-5-6-13(8-11(3)4)15-14(12)16-9-17-15/h5-6,9-11H,7-8H2,1-4H3. The molecule has 0 aliphatic heterocycles. The van der Waals surface area contributed by atoms with E-state index in [1.54, 1.807) is 6.39 Å². The van der Waals surface area contributed by atoms with Gasteiger partial charge in [0.15, 0.2) is 12.0 Å². The summed E-state index contributed by atoms with van der Waals surface area (Å²) in [4.78, 5) is 4.37. The summed E-state index contributed by atoms with van der Waals surface area (Å²) in [7, 11) is 0. The van der Waals surface area contributed by atoms with Crippen LogP contribution in [0.3, 0.4) is 0 Å². The van der Waals surface area contributed by atoms with Crippen LogP contribution in [0.15, 0.2) is 22.9 Å². The zero-order chi connectivity index (χ0) is 12.4. The Morgan fingerprint density at radius 2 is 1.59 bits per heavy atom. The molecular formula is C15H21NO. The molecule has 2 rings (SSSR count). The second-order valence-electron chi connectivity index (χ2n) is 5.61. The Hall–Kier alpha value is -1.31. The fraction of sp³-hybridized carbons (Fsp3) is 0.533. The van der Waals surface area contributed by atoms with E-state index >= 15 is 0 Å². The highest BCUT2D eigenvalue weighted by Gasteiger charge is 2.12. The number of fused-ring (bicyclic) bond motifs is 1. The zero-order valence-electron chi connectivity index (χ0n) is 11.2. The second kappa shape index (κ2) is 4.91. The van der Waals surface area contributed by atoms with E-state index in [1.165, 1.54) is 11.1 Å². The second-order valence-corrected chi connectivity index (χ2v) is 5.61. The average Bonchev–Trinajstić information content (AvgIpc) is 2.69. The van der Waals surface area contributed by atoms with Gasteiger partial charge in [0, 0.05) is 0 Å². The van der Waals surface area contributed by atoms with Crippen molar-refractivity contribution in [3.05, 3.63) is 29.7 Å². The molecule has 0 amide bonds. The van der Waals surface area contributed by atoms with Crippen molar-refractivity contribution >= 4 is 11.1 Å². The maximum absolute atomic E-state index is 5.56. The van der Waals surface area contributed by atoms with Crippen LogP contribution in [0, 0.1) is 11.8 Å². The Morgan fingerprint density at radius 1 is 1.00 bits per heavy atom. The van der Waals surface area contributed by atoms with Gasteiger partial charge in [-0.15, -0.1) is 0 Å². The minimum absolute atomic E-state index is 0.638. The first-order valence-corrected chi connectivity index (χ1v) is 6.42. The maximum Gasteiger partial charge on any atom is 0.182 e. The van der Waals surface area contributed by atoms with Crippen molar-refractivity contribution in [2.45, 2.75) is 40.5 Å². The Bertz CT molecular complexity index is 453. The number of oxazole rings is 1. The molecule has 0 radical (unpaired) electrons. The SMILES string of the molecule is CC(C)Cc1ccc(CC(C)C)c2ocnc12. The molecule has 0 fully saturated rings. The van der Waals surface area contributed by atoms with Crippen LogP contribution in [0.1, 0.15) is 38.8 Å². The minimum atomic E-state index is 0.638. The van der Waals surface area contributed by atoms with E-state index < -0.39 is 0 Å². The molecule has 0 unspecified atom stereocenters. The van der Waals surface area contributed by atoms with E-state index in [0.29, 0.717) is 11.8 Å². The van der Waals surface area contributed by atoms with Crippen molar-refractivity contribution in [3.8, 4) is 0 Å². The van der Waals surface area contributed by atoms with Gasteiger partial charge in [-0.25, -0.2) is 4.98 Å². The lowest BCUT2D eigenvalue weighted by Gasteiger charge is -2.09. The van der Waals surface area contributed by atoms with Gasteiger partial charge >= 0.3 is 0 Å². The summed E-state index contributed by atoms with van der Waals surface area (Å²) in [5, 5.41) is 0. The highest BCUT2D eigenvalue weighted by atomic mass is 16.3. The van der Waals surface area contributed by atoms with Gasteiger partial charge in [0.25, 0.3) is 0 Å². The summed E-state index contributed by atoms with van der Waals surface area (Å²) in [6, 6.07) is 4.41. The monoisotopic (exact) mass is 231 g/mol. The first-order chi connectivity index (χ1) is 8.08. The molecule has 1 aromatic heterocycles. The molecule has 1 heterocycles. The van der Waals surface area contributed by atoms with Crippen molar-refractivity contribution in [1.82, 2.24) is 4.98 Å². The third-order valence-corrected chi connectivity index (χ3v) is 2.91. The third-order valence-electron chi connectivity index (χ3n) is 2.91. The molecule has 2 aromatic rings. The van der Waals surface area contributed by atoms with Crippen molar-refractivity contribution in [1.29, 1.82) is 0 Å². The lowest BCUT2D eigenvalue weighted by molar-refractivity contribution is 0.585. The first kappa shape index (κ1) is 12.2. The number of benzene rings is 1. The van der Waals surface area contributed by atoms with Gasteiger partial charge < -0.3 is 4.42 Å². The Kier molecular flexibility index (Phi) is 3.51. The Balaban J connectivity index is 2.43. The van der Waals surface area contributed by atoms with Crippen LogP contribution >= 0.6 is 0 Å². The average molecular weight is 231 g/mol. The molecule has 0 bridgehead atoms. The zero-order valence-corrected chi connectivity index (χ0v) is 11.2. The summed E-state index contributed by atoms with van der Waals surface area (Å²) in [5.41, 5.74) is 4.62. The van der Waals surface area contributed by atoms with Crippen LogP contribution < -0.4 is 0 Å². The highest BCUT2D eigenvalue weighted by Crippen LogP contribution is 2.25. The molecule has 0 N–H and O–H groups in total. The molecule has 0 spiro atoms. The molecule has 2 nitrogen and oxygen atoms in total. The van der Waals surface area contributed by atoms with Crippen molar-refractivity contribution in [2.24, 2.45) is 11.8 Å². The highest BCUT2D eigenvalue weighted by molar-refractivity contribution is 5.79. The van der Waals surface area contributed by atoms with Crippen molar-refractivity contribution in [3.63, 3.8) is 0 Å². The summed E-state index contributed by atoms with van der Waals surface area (Å²) in [5.74, 6) is 1.28. The fourth-order valence-corrected chi connectivity index (χ4v) is 2.26. The van der Waals surface area contributed by atoms with E-state index in [4.69, 9.17) is 4.42 Å². The predicted octanol–water partition coefficient (Wildman–Crippen LogP) is 4.22. The van der Waals surface area contributed by atoms with Crippen LogP contribution in [0.25, 0.3) is 11.1 Å². The van der Waals surface area contributed by atoms with Crippen LogP contribution in [0.4, 0.5) is 0 Å².